The van der Waals surface area contributed by atoms with E-state index in [2.05, 4.69) is 61.2 Å². The van der Waals surface area contributed by atoms with Crippen LogP contribution in [-0.4, -0.2) is 70.6 Å². The van der Waals surface area contributed by atoms with Crippen molar-refractivity contribution >= 4 is 26.2 Å². The number of amides is 3. The van der Waals surface area contributed by atoms with Crippen molar-refractivity contribution in [1.29, 1.82) is 0 Å². The average Bonchev–Trinajstić information content (AvgIpc) is 3.48. The van der Waals surface area contributed by atoms with Crippen LogP contribution in [0.3, 0.4) is 0 Å². The van der Waals surface area contributed by atoms with E-state index in [1.807, 2.05) is 41.8 Å². The number of nitrogens with two attached hydrogens (primary N) is 1. The Morgan fingerprint density at radius 1 is 1.20 bits per heavy atom. The summed E-state index contributed by atoms with van der Waals surface area (Å²) in [5, 5.41) is 16.2. The molecule has 12 nitrogen and oxygen atoms in total. The van der Waals surface area contributed by atoms with Gasteiger partial charge in [-0.2, -0.15) is 0 Å². The number of hydrogen-bond acceptors (Lipinski definition) is 7. The second-order valence-corrected chi connectivity index (χ2v) is 18.1. The molecule has 1 aromatic carbocycles. The van der Waals surface area contributed by atoms with Gasteiger partial charge in [-0.05, 0) is 61.2 Å². The summed E-state index contributed by atoms with van der Waals surface area (Å²) >= 11 is 0. The number of imidazole rings is 1. The lowest BCUT2D eigenvalue weighted by molar-refractivity contribution is -0.143. The molecule has 3 amide bonds. The molecule has 0 spiro atoms. The van der Waals surface area contributed by atoms with Gasteiger partial charge in [-0.25, -0.2) is 9.78 Å². The third kappa shape index (κ3) is 6.82. The standard InChI is InChI=1S/C32H40N6O6Si/c1-19(44-45(5,6)32(2,3)4)29-34-13-14-38(29)26(16-35-31(41)42)25-15-27(43-36-25)21-10-7-20(8-11-21)9-12-22-23-17-37(18-24(22)23)30(40)28(33)39/h7-8,10-11,13-15,19,22-24,26,35H,16-18H2,1-6H3,(H2,33,39)(H,41,42)/t19-,22?,23-,24+,26+/m0/s1. The Labute approximate surface area is 263 Å². The first-order valence-electron chi connectivity index (χ1n) is 15.0. The van der Waals surface area contributed by atoms with Crippen molar-refractivity contribution in [3.05, 3.63) is 59.8 Å². The highest BCUT2D eigenvalue weighted by Crippen LogP contribution is 2.51. The van der Waals surface area contributed by atoms with E-state index in [-0.39, 0.29) is 35.4 Å². The maximum Gasteiger partial charge on any atom is 0.404 e. The first kappa shape index (κ1) is 32.0. The number of carbonyl (C=O) groups is 3. The Morgan fingerprint density at radius 2 is 1.87 bits per heavy atom. The fourth-order valence-electron chi connectivity index (χ4n) is 5.63. The second kappa shape index (κ2) is 12.2. The lowest BCUT2D eigenvalue weighted by atomic mass is 10.1. The van der Waals surface area contributed by atoms with Crippen LogP contribution >= 0.6 is 0 Å². The molecule has 0 bridgehead atoms. The molecule has 3 heterocycles. The summed E-state index contributed by atoms with van der Waals surface area (Å²) in [4.78, 5) is 40.5. The van der Waals surface area contributed by atoms with E-state index >= 15 is 0 Å². The van der Waals surface area contributed by atoms with E-state index in [9.17, 15) is 19.5 Å². The third-order valence-electron chi connectivity index (χ3n) is 9.24. The van der Waals surface area contributed by atoms with Crippen LogP contribution < -0.4 is 11.1 Å². The number of hydrogen-bond donors (Lipinski definition) is 3. The van der Waals surface area contributed by atoms with Gasteiger partial charge in [0.05, 0.1) is 6.04 Å². The minimum absolute atomic E-state index is 0.0126. The highest BCUT2D eigenvalue weighted by molar-refractivity contribution is 6.74. The van der Waals surface area contributed by atoms with Crippen LogP contribution in [0.15, 0.2) is 47.2 Å². The molecule has 1 saturated heterocycles. The van der Waals surface area contributed by atoms with Crippen LogP contribution in [0.25, 0.3) is 11.3 Å². The van der Waals surface area contributed by atoms with E-state index in [1.165, 1.54) is 4.90 Å². The molecule has 1 unspecified atom stereocenters. The van der Waals surface area contributed by atoms with Gasteiger partial charge in [0, 0.05) is 55.1 Å². The highest BCUT2D eigenvalue weighted by Gasteiger charge is 2.56. The number of carbonyl (C=O) groups excluding carboxylic acids is 2. The molecule has 0 radical (unpaired) electrons. The van der Waals surface area contributed by atoms with Gasteiger partial charge in [-0.15, -0.1) is 0 Å². The molecule has 2 aromatic heterocycles. The largest absolute Gasteiger partial charge is 0.465 e. The molecule has 4 N–H and O–H groups in total. The van der Waals surface area contributed by atoms with Gasteiger partial charge in [-0.1, -0.05) is 37.8 Å². The summed E-state index contributed by atoms with van der Waals surface area (Å²) in [7, 11) is -2.10. The Morgan fingerprint density at radius 3 is 2.47 bits per heavy atom. The van der Waals surface area contributed by atoms with Crippen molar-refractivity contribution in [3.63, 3.8) is 0 Å². The molecule has 5 atom stereocenters. The number of rotatable bonds is 8. The fourth-order valence-corrected chi connectivity index (χ4v) is 6.98. The molecule has 238 valence electrons. The van der Waals surface area contributed by atoms with Crippen molar-refractivity contribution in [1.82, 2.24) is 24.9 Å². The zero-order valence-electron chi connectivity index (χ0n) is 26.4. The van der Waals surface area contributed by atoms with Crippen LogP contribution in [0.1, 0.15) is 56.9 Å². The topological polar surface area (TPSA) is 166 Å². The predicted octanol–water partition coefficient (Wildman–Crippen LogP) is 4.02. The summed E-state index contributed by atoms with van der Waals surface area (Å²) in [5.41, 5.74) is 7.30. The molecule has 5 rings (SSSR count). The Hall–Kier alpha value is -4.41. The van der Waals surface area contributed by atoms with E-state index in [0.29, 0.717) is 30.4 Å². The first-order chi connectivity index (χ1) is 21.2. The van der Waals surface area contributed by atoms with Crippen LogP contribution in [0.4, 0.5) is 4.79 Å². The zero-order chi connectivity index (χ0) is 32.7. The van der Waals surface area contributed by atoms with Crippen molar-refractivity contribution in [3.8, 4) is 23.2 Å². The molecule has 1 aliphatic carbocycles. The van der Waals surface area contributed by atoms with E-state index < -0.39 is 32.3 Å². The summed E-state index contributed by atoms with van der Waals surface area (Å²) < 4.78 is 14.2. The van der Waals surface area contributed by atoms with E-state index in [0.717, 1.165) is 11.1 Å². The third-order valence-corrected chi connectivity index (χ3v) is 13.8. The van der Waals surface area contributed by atoms with Gasteiger partial charge in [0.25, 0.3) is 0 Å². The maximum atomic E-state index is 11.8. The fraction of sp³-hybridized carbons (Fsp3) is 0.469. The number of nitrogens with one attached hydrogen (secondary N) is 1. The number of piperidine rings is 1. The minimum Gasteiger partial charge on any atom is -0.465 e. The number of carboxylic acid groups (broad SMARTS) is 1. The smallest absolute Gasteiger partial charge is 0.404 e. The number of nitrogens with zero attached hydrogens (tertiary/aromatic N) is 4. The number of primary amides is 1. The minimum atomic E-state index is -2.10. The van der Waals surface area contributed by atoms with Crippen molar-refractivity contribution < 1.29 is 28.4 Å². The van der Waals surface area contributed by atoms with Gasteiger partial charge >= 0.3 is 17.9 Å². The lowest BCUT2D eigenvalue weighted by Crippen LogP contribution is -2.42. The molecule has 1 saturated carbocycles. The summed E-state index contributed by atoms with van der Waals surface area (Å²) in [6, 6.07) is 8.91. The number of aromatic nitrogens is 3. The number of likely N-dealkylation sites (tertiary alicyclic amines) is 1. The number of benzene rings is 1. The van der Waals surface area contributed by atoms with Crippen LogP contribution in [0.5, 0.6) is 0 Å². The van der Waals surface area contributed by atoms with Crippen molar-refractivity contribution in [2.45, 2.75) is 58.0 Å². The van der Waals surface area contributed by atoms with Crippen molar-refractivity contribution in [2.75, 3.05) is 19.6 Å². The lowest BCUT2D eigenvalue weighted by Gasteiger charge is -2.38. The Kier molecular flexibility index (Phi) is 8.65. The van der Waals surface area contributed by atoms with Crippen LogP contribution in [0, 0.1) is 29.6 Å². The molecule has 2 aliphatic rings. The van der Waals surface area contributed by atoms with Crippen molar-refractivity contribution in [2.24, 2.45) is 23.5 Å². The van der Waals surface area contributed by atoms with E-state index in [1.54, 1.807) is 12.4 Å². The molecule has 3 aromatic rings. The second-order valence-electron chi connectivity index (χ2n) is 13.3. The van der Waals surface area contributed by atoms with Gasteiger partial charge in [0.15, 0.2) is 14.1 Å². The van der Waals surface area contributed by atoms with Gasteiger partial charge in [0.2, 0.25) is 0 Å². The summed E-state index contributed by atoms with van der Waals surface area (Å²) in [5.74, 6) is 6.97. The SMILES string of the molecule is C[C@H](O[Si](C)(C)C(C)(C)C)c1nccn1[C@H](CNC(=O)O)c1cc(-c2ccc(C#CC3[C@H]4CN(C(=O)C(N)=O)C[C@@H]34)cc2)on1. The molecule has 45 heavy (non-hydrogen) atoms. The monoisotopic (exact) mass is 632 g/mol. The quantitative estimate of drug-likeness (QED) is 0.190. The molecular formula is C32H40N6O6Si. The summed E-state index contributed by atoms with van der Waals surface area (Å²) in [6.07, 6.45) is 2.03. The van der Waals surface area contributed by atoms with E-state index in [4.69, 9.17) is 14.7 Å². The van der Waals surface area contributed by atoms with Crippen LogP contribution in [0.2, 0.25) is 18.1 Å². The maximum absolute atomic E-state index is 11.8. The molecule has 1 aliphatic heterocycles. The summed E-state index contributed by atoms with van der Waals surface area (Å²) in [6.45, 7) is 14.0. The Balaban J connectivity index is 1.29. The predicted molar refractivity (Wildman–Crippen MR) is 168 cm³/mol. The Bertz CT molecular complexity index is 1630. The zero-order valence-corrected chi connectivity index (χ0v) is 27.4. The average molecular weight is 633 g/mol. The van der Waals surface area contributed by atoms with Gasteiger partial charge < -0.3 is 34.6 Å². The molecule has 13 heteroatoms. The highest BCUT2D eigenvalue weighted by atomic mass is 28.4. The molecule has 2 fully saturated rings. The number of fused-ring (bicyclic) bond motifs is 1. The molecular weight excluding hydrogens is 592 g/mol. The normalized spacial score (nSPS) is 20.5. The van der Waals surface area contributed by atoms with Gasteiger partial charge in [0.1, 0.15) is 17.6 Å². The van der Waals surface area contributed by atoms with Gasteiger partial charge in [-0.3, -0.25) is 9.59 Å². The first-order valence-corrected chi connectivity index (χ1v) is 17.9. The van der Waals surface area contributed by atoms with Crippen LogP contribution in [-0.2, 0) is 14.0 Å².